The van der Waals surface area contributed by atoms with Crippen LogP contribution in [-0.4, -0.2) is 6.36 Å². The molecule has 0 heterocycles. The number of ether oxygens (including phenoxy) is 1. The molecule has 2 rings (SSSR count). The summed E-state index contributed by atoms with van der Waals surface area (Å²) >= 11 is 0. The van der Waals surface area contributed by atoms with Crippen LogP contribution < -0.4 is 10.5 Å². The molecule has 1 aromatic carbocycles. The Labute approximate surface area is 97.6 Å². The number of halogens is 3. The molecule has 94 valence electrons. The molecule has 0 spiro atoms. The molecule has 0 radical (unpaired) electrons. The van der Waals surface area contributed by atoms with Crippen LogP contribution in [0.1, 0.15) is 31.2 Å². The van der Waals surface area contributed by atoms with E-state index in [0.717, 1.165) is 31.2 Å². The van der Waals surface area contributed by atoms with Gasteiger partial charge in [-0.3, -0.25) is 0 Å². The van der Waals surface area contributed by atoms with Gasteiger partial charge in [-0.15, -0.1) is 13.2 Å². The van der Waals surface area contributed by atoms with E-state index in [2.05, 4.69) is 4.74 Å². The first kappa shape index (κ1) is 12.2. The minimum atomic E-state index is -4.64. The maximum Gasteiger partial charge on any atom is 0.573 e. The van der Waals surface area contributed by atoms with Crippen LogP contribution in [0.3, 0.4) is 0 Å². The van der Waals surface area contributed by atoms with Crippen LogP contribution in [0, 0.1) is 0 Å². The average Bonchev–Trinajstić information content (AvgIpc) is 2.65. The quantitative estimate of drug-likeness (QED) is 0.867. The predicted molar refractivity (Wildman–Crippen MR) is 57.5 cm³/mol. The van der Waals surface area contributed by atoms with Crippen LogP contribution >= 0.6 is 0 Å². The first-order valence-electron chi connectivity index (χ1n) is 5.54. The molecular formula is C12H14F3NO. The zero-order valence-corrected chi connectivity index (χ0v) is 9.26. The molecule has 0 bridgehead atoms. The Morgan fingerprint density at radius 2 is 1.59 bits per heavy atom. The summed E-state index contributed by atoms with van der Waals surface area (Å²) in [5.41, 5.74) is 6.70. The molecule has 0 amide bonds. The molecule has 0 saturated heterocycles. The van der Waals surface area contributed by atoms with Crippen LogP contribution in [0.15, 0.2) is 24.3 Å². The Morgan fingerprint density at radius 3 is 2.06 bits per heavy atom. The number of rotatable bonds is 2. The molecular weight excluding hydrogens is 231 g/mol. The second-order valence-corrected chi connectivity index (χ2v) is 4.44. The lowest BCUT2D eigenvalue weighted by molar-refractivity contribution is -0.274. The van der Waals surface area contributed by atoms with Crippen molar-refractivity contribution in [2.24, 2.45) is 5.73 Å². The van der Waals surface area contributed by atoms with Gasteiger partial charge in [0, 0.05) is 5.54 Å². The smallest absolute Gasteiger partial charge is 0.406 e. The fourth-order valence-electron chi connectivity index (χ4n) is 2.28. The first-order valence-corrected chi connectivity index (χ1v) is 5.54. The van der Waals surface area contributed by atoms with Gasteiger partial charge in [0.2, 0.25) is 0 Å². The van der Waals surface area contributed by atoms with Crippen LogP contribution in [-0.2, 0) is 5.54 Å². The summed E-state index contributed by atoms with van der Waals surface area (Å²) in [6.07, 6.45) is -0.747. The minimum absolute atomic E-state index is 0.206. The predicted octanol–water partition coefficient (Wildman–Crippen LogP) is 3.31. The summed E-state index contributed by atoms with van der Waals surface area (Å²) in [5, 5.41) is 0. The van der Waals surface area contributed by atoms with E-state index in [9.17, 15) is 13.2 Å². The van der Waals surface area contributed by atoms with E-state index in [1.54, 1.807) is 12.1 Å². The number of nitrogens with two attached hydrogens (primary N) is 1. The van der Waals surface area contributed by atoms with Crippen LogP contribution in [0.4, 0.5) is 13.2 Å². The van der Waals surface area contributed by atoms with Crippen molar-refractivity contribution in [2.75, 3.05) is 0 Å². The van der Waals surface area contributed by atoms with Crippen molar-refractivity contribution in [1.82, 2.24) is 0 Å². The highest BCUT2D eigenvalue weighted by atomic mass is 19.4. The molecule has 1 aliphatic carbocycles. The Balaban J connectivity index is 2.13. The summed E-state index contributed by atoms with van der Waals surface area (Å²) in [4.78, 5) is 0. The van der Waals surface area contributed by atoms with Crippen molar-refractivity contribution in [3.63, 3.8) is 0 Å². The molecule has 17 heavy (non-hydrogen) atoms. The molecule has 0 atom stereocenters. The van der Waals surface area contributed by atoms with Crippen LogP contribution in [0.25, 0.3) is 0 Å². The Kier molecular flexibility index (Phi) is 3.03. The van der Waals surface area contributed by atoms with E-state index in [-0.39, 0.29) is 11.3 Å². The van der Waals surface area contributed by atoms with E-state index < -0.39 is 6.36 Å². The summed E-state index contributed by atoms with van der Waals surface area (Å²) in [6, 6.07) is 5.87. The largest absolute Gasteiger partial charge is 0.573 e. The highest BCUT2D eigenvalue weighted by molar-refractivity contribution is 5.32. The normalized spacial score (nSPS) is 19.3. The van der Waals surface area contributed by atoms with Gasteiger partial charge in [0.15, 0.2) is 0 Å². The van der Waals surface area contributed by atoms with E-state index in [1.807, 2.05) is 0 Å². The zero-order valence-electron chi connectivity index (χ0n) is 9.26. The SMILES string of the molecule is NC1(c2ccc(OC(F)(F)F)cc2)CCCC1. The van der Waals surface area contributed by atoms with Gasteiger partial charge >= 0.3 is 6.36 Å². The second-order valence-electron chi connectivity index (χ2n) is 4.44. The molecule has 5 heteroatoms. The van der Waals surface area contributed by atoms with Gasteiger partial charge in [-0.1, -0.05) is 25.0 Å². The minimum Gasteiger partial charge on any atom is -0.406 e. The third-order valence-electron chi connectivity index (χ3n) is 3.16. The van der Waals surface area contributed by atoms with E-state index in [0.29, 0.717) is 0 Å². The van der Waals surface area contributed by atoms with Gasteiger partial charge in [-0.2, -0.15) is 0 Å². The van der Waals surface area contributed by atoms with Gasteiger partial charge in [0.1, 0.15) is 5.75 Å². The first-order chi connectivity index (χ1) is 7.89. The van der Waals surface area contributed by atoms with Gasteiger partial charge < -0.3 is 10.5 Å². The molecule has 2 N–H and O–H groups in total. The van der Waals surface area contributed by atoms with Crippen molar-refractivity contribution >= 4 is 0 Å². The third kappa shape index (κ3) is 2.91. The fraction of sp³-hybridized carbons (Fsp3) is 0.500. The topological polar surface area (TPSA) is 35.2 Å². The summed E-state index contributed by atoms with van der Waals surface area (Å²) in [7, 11) is 0. The van der Waals surface area contributed by atoms with Crippen LogP contribution in [0.2, 0.25) is 0 Å². The standard InChI is InChI=1S/C12H14F3NO/c13-12(14,15)17-10-5-3-9(4-6-10)11(16)7-1-2-8-11/h3-6H,1-2,7-8,16H2. The second kappa shape index (κ2) is 4.22. The Hall–Kier alpha value is -1.23. The highest BCUT2D eigenvalue weighted by Crippen LogP contribution is 2.37. The average molecular weight is 245 g/mol. The van der Waals surface area contributed by atoms with E-state index >= 15 is 0 Å². The molecule has 0 aromatic heterocycles. The molecule has 0 unspecified atom stereocenters. The fourth-order valence-corrected chi connectivity index (χ4v) is 2.28. The number of alkyl halides is 3. The van der Waals surface area contributed by atoms with Gasteiger partial charge in [-0.25, -0.2) is 0 Å². The van der Waals surface area contributed by atoms with Gasteiger partial charge in [-0.05, 0) is 30.5 Å². The van der Waals surface area contributed by atoms with Crippen molar-refractivity contribution in [1.29, 1.82) is 0 Å². The maximum absolute atomic E-state index is 12.0. The Morgan fingerprint density at radius 1 is 1.06 bits per heavy atom. The van der Waals surface area contributed by atoms with Crippen molar-refractivity contribution in [3.05, 3.63) is 29.8 Å². The summed E-state index contributed by atoms with van der Waals surface area (Å²) in [5.74, 6) is -0.206. The van der Waals surface area contributed by atoms with E-state index in [1.165, 1.54) is 12.1 Å². The lowest BCUT2D eigenvalue weighted by atomic mass is 9.89. The lowest BCUT2D eigenvalue weighted by Gasteiger charge is -2.24. The maximum atomic E-state index is 12.0. The monoisotopic (exact) mass is 245 g/mol. The van der Waals surface area contributed by atoms with Crippen LogP contribution in [0.5, 0.6) is 5.75 Å². The molecule has 1 fully saturated rings. The third-order valence-corrected chi connectivity index (χ3v) is 3.16. The molecule has 0 aliphatic heterocycles. The molecule has 1 aromatic rings. The number of benzene rings is 1. The van der Waals surface area contributed by atoms with Crippen molar-refractivity contribution in [3.8, 4) is 5.75 Å². The molecule has 2 nitrogen and oxygen atoms in total. The number of hydrogen-bond donors (Lipinski definition) is 1. The number of hydrogen-bond acceptors (Lipinski definition) is 2. The Bertz CT molecular complexity index is 380. The zero-order chi connectivity index (χ0) is 12.5. The molecule has 1 aliphatic rings. The van der Waals surface area contributed by atoms with Crippen molar-refractivity contribution in [2.45, 2.75) is 37.6 Å². The van der Waals surface area contributed by atoms with Crippen molar-refractivity contribution < 1.29 is 17.9 Å². The summed E-state index contributed by atoms with van der Waals surface area (Å²) < 4.78 is 39.7. The lowest BCUT2D eigenvalue weighted by Crippen LogP contribution is -2.32. The van der Waals surface area contributed by atoms with Gasteiger partial charge in [0.25, 0.3) is 0 Å². The highest BCUT2D eigenvalue weighted by Gasteiger charge is 2.33. The molecule has 1 saturated carbocycles. The summed E-state index contributed by atoms with van der Waals surface area (Å²) in [6.45, 7) is 0. The van der Waals surface area contributed by atoms with E-state index in [4.69, 9.17) is 5.73 Å². The van der Waals surface area contributed by atoms with Gasteiger partial charge in [0.05, 0.1) is 0 Å².